The Morgan fingerprint density at radius 1 is 1.36 bits per heavy atom. The fourth-order valence-corrected chi connectivity index (χ4v) is 2.71. The molecule has 0 spiro atoms. The van der Waals surface area contributed by atoms with E-state index in [-0.39, 0.29) is 0 Å². The molecule has 0 amide bonds. The zero-order valence-electron chi connectivity index (χ0n) is 7.32. The molecule has 3 nitrogen and oxygen atoms in total. The number of aliphatic carboxylic acids is 1. The van der Waals surface area contributed by atoms with Crippen molar-refractivity contribution in [1.29, 1.82) is 0 Å². The lowest BCUT2D eigenvalue weighted by atomic mass is 10.1. The van der Waals surface area contributed by atoms with E-state index in [0.29, 0.717) is 5.56 Å². The first-order chi connectivity index (χ1) is 6.70. The van der Waals surface area contributed by atoms with Crippen LogP contribution in [0.2, 0.25) is 0 Å². The van der Waals surface area contributed by atoms with Crippen molar-refractivity contribution in [2.24, 2.45) is 0 Å². The summed E-state index contributed by atoms with van der Waals surface area (Å²) in [5, 5.41) is 8.61. The number of carbonyl (C=O) groups excluding carboxylic acids is 1. The van der Waals surface area contributed by atoms with E-state index in [1.54, 1.807) is 23.9 Å². The molecule has 1 aromatic rings. The number of thioether (sulfide) groups is 1. The highest BCUT2D eigenvalue weighted by Gasteiger charge is 2.23. The molecule has 0 aromatic heterocycles. The average Bonchev–Trinajstić information content (AvgIpc) is 2.63. The molecule has 14 heavy (non-hydrogen) atoms. The molecule has 1 aliphatic rings. The molecule has 0 saturated carbocycles. The van der Waals surface area contributed by atoms with Crippen LogP contribution in [-0.4, -0.2) is 22.6 Å². The van der Waals surface area contributed by atoms with Crippen molar-refractivity contribution >= 4 is 23.5 Å². The smallest absolute Gasteiger partial charge is 0.377 e. The monoisotopic (exact) mass is 208 g/mol. The van der Waals surface area contributed by atoms with Crippen LogP contribution in [0.5, 0.6) is 0 Å². The molecule has 0 aliphatic carbocycles. The lowest BCUT2D eigenvalue weighted by molar-refractivity contribution is -0.131. The summed E-state index contributed by atoms with van der Waals surface area (Å²) in [6.45, 7) is 0. The van der Waals surface area contributed by atoms with Crippen molar-refractivity contribution in [3.63, 3.8) is 0 Å². The molecular formula is C10H8O3S. The van der Waals surface area contributed by atoms with E-state index in [0.717, 1.165) is 22.6 Å². The first-order valence-electron chi connectivity index (χ1n) is 4.22. The molecule has 0 bridgehead atoms. The van der Waals surface area contributed by atoms with Crippen molar-refractivity contribution < 1.29 is 14.7 Å². The molecule has 0 fully saturated rings. The third kappa shape index (κ3) is 1.42. The summed E-state index contributed by atoms with van der Waals surface area (Å²) in [5.41, 5.74) is 1.42. The van der Waals surface area contributed by atoms with Gasteiger partial charge in [-0.25, -0.2) is 4.79 Å². The van der Waals surface area contributed by atoms with Crippen molar-refractivity contribution in [2.45, 2.75) is 11.3 Å². The molecule has 0 unspecified atom stereocenters. The van der Waals surface area contributed by atoms with Crippen LogP contribution in [0.4, 0.5) is 0 Å². The molecule has 1 heterocycles. The van der Waals surface area contributed by atoms with Gasteiger partial charge in [-0.3, -0.25) is 4.79 Å². The maximum absolute atomic E-state index is 11.3. The predicted octanol–water partition coefficient (Wildman–Crippen LogP) is 1.60. The van der Waals surface area contributed by atoms with Crippen LogP contribution >= 0.6 is 11.8 Å². The van der Waals surface area contributed by atoms with Gasteiger partial charge in [0.25, 0.3) is 5.78 Å². The molecule has 4 heteroatoms. The fraction of sp³-hybridized carbons (Fsp3) is 0.200. The first-order valence-corrected chi connectivity index (χ1v) is 5.21. The van der Waals surface area contributed by atoms with Crippen LogP contribution < -0.4 is 0 Å². The number of carboxylic acids is 1. The van der Waals surface area contributed by atoms with E-state index in [1.807, 2.05) is 6.07 Å². The fourth-order valence-electron chi connectivity index (χ4n) is 1.51. The Bertz CT molecular complexity index is 412. The second-order valence-corrected chi connectivity index (χ2v) is 4.13. The maximum Gasteiger partial charge on any atom is 0.377 e. The summed E-state index contributed by atoms with van der Waals surface area (Å²) >= 11 is 1.56. The van der Waals surface area contributed by atoms with E-state index in [9.17, 15) is 9.59 Å². The normalized spacial score (nSPS) is 13.7. The summed E-state index contributed by atoms with van der Waals surface area (Å²) in [7, 11) is 0. The summed E-state index contributed by atoms with van der Waals surface area (Å²) in [5.74, 6) is -1.26. The first kappa shape index (κ1) is 9.27. The minimum Gasteiger partial charge on any atom is -0.475 e. The van der Waals surface area contributed by atoms with Gasteiger partial charge in [-0.1, -0.05) is 12.1 Å². The van der Waals surface area contributed by atoms with Gasteiger partial charge in [-0.15, -0.1) is 11.8 Å². The van der Waals surface area contributed by atoms with E-state index in [1.165, 1.54) is 0 Å². The maximum atomic E-state index is 11.3. The van der Waals surface area contributed by atoms with Gasteiger partial charge in [0.2, 0.25) is 0 Å². The van der Waals surface area contributed by atoms with Gasteiger partial charge in [0.15, 0.2) is 0 Å². The van der Waals surface area contributed by atoms with E-state index < -0.39 is 11.8 Å². The van der Waals surface area contributed by atoms with Gasteiger partial charge in [0.05, 0.1) is 0 Å². The van der Waals surface area contributed by atoms with Crippen LogP contribution in [0.3, 0.4) is 0 Å². The molecule has 1 N–H and O–H groups in total. The van der Waals surface area contributed by atoms with Gasteiger partial charge in [0.1, 0.15) is 0 Å². The van der Waals surface area contributed by atoms with Crippen LogP contribution in [0.25, 0.3) is 0 Å². The second-order valence-electron chi connectivity index (χ2n) is 3.03. The average molecular weight is 208 g/mol. The van der Waals surface area contributed by atoms with Gasteiger partial charge >= 0.3 is 5.97 Å². The Labute approximate surface area is 85.1 Å². The van der Waals surface area contributed by atoms with Gasteiger partial charge in [0, 0.05) is 16.2 Å². The highest BCUT2D eigenvalue weighted by Crippen LogP contribution is 2.34. The van der Waals surface area contributed by atoms with Crippen LogP contribution in [0.1, 0.15) is 15.9 Å². The van der Waals surface area contributed by atoms with Gasteiger partial charge < -0.3 is 5.11 Å². The Balaban J connectivity index is 2.49. The number of Topliss-reactive ketones (excluding diaryl/α,β-unsaturated/α-hetero) is 1. The summed E-state index contributed by atoms with van der Waals surface area (Å²) in [6, 6.07) is 5.25. The molecular weight excluding hydrogens is 200 g/mol. The standard InChI is InChI=1S/C10H8O3S/c11-8(10(12)13)7-3-1-2-6-4-5-14-9(6)7/h1-3H,4-5H2,(H,12,13). The second kappa shape index (κ2) is 3.46. The van der Waals surface area contributed by atoms with Crippen molar-refractivity contribution in [3.8, 4) is 0 Å². The predicted molar refractivity (Wildman–Crippen MR) is 52.8 cm³/mol. The number of ketones is 1. The van der Waals surface area contributed by atoms with Crippen LogP contribution in [0.15, 0.2) is 23.1 Å². The van der Waals surface area contributed by atoms with Crippen molar-refractivity contribution in [2.75, 3.05) is 5.75 Å². The zero-order chi connectivity index (χ0) is 10.1. The van der Waals surface area contributed by atoms with Crippen LogP contribution in [-0.2, 0) is 11.2 Å². The highest BCUT2D eigenvalue weighted by molar-refractivity contribution is 7.99. The highest BCUT2D eigenvalue weighted by atomic mass is 32.2. The number of hydrogen-bond donors (Lipinski definition) is 1. The molecule has 2 rings (SSSR count). The van der Waals surface area contributed by atoms with Crippen LogP contribution in [0, 0.1) is 0 Å². The van der Waals surface area contributed by atoms with Crippen molar-refractivity contribution in [3.05, 3.63) is 29.3 Å². The third-order valence-electron chi connectivity index (χ3n) is 2.15. The minimum atomic E-state index is -1.38. The zero-order valence-corrected chi connectivity index (χ0v) is 8.13. The number of carbonyl (C=O) groups is 2. The SMILES string of the molecule is O=C(O)C(=O)c1cccc2c1SCC2. The number of fused-ring (bicyclic) bond motifs is 1. The molecule has 0 saturated heterocycles. The lowest BCUT2D eigenvalue weighted by Gasteiger charge is -2.02. The Kier molecular flexibility index (Phi) is 2.29. The summed E-state index contributed by atoms with van der Waals surface area (Å²) in [6.07, 6.45) is 0.917. The molecule has 72 valence electrons. The van der Waals surface area contributed by atoms with E-state index >= 15 is 0 Å². The largest absolute Gasteiger partial charge is 0.475 e. The number of benzene rings is 1. The molecule has 0 radical (unpaired) electrons. The summed E-state index contributed by atoms with van der Waals surface area (Å²) < 4.78 is 0. The quantitative estimate of drug-likeness (QED) is 0.592. The van der Waals surface area contributed by atoms with Gasteiger partial charge in [-0.2, -0.15) is 0 Å². The number of carboxylic acid groups (broad SMARTS) is 1. The Hall–Kier alpha value is -1.29. The number of hydrogen-bond acceptors (Lipinski definition) is 3. The van der Waals surface area contributed by atoms with E-state index in [4.69, 9.17) is 5.11 Å². The minimum absolute atomic E-state index is 0.331. The number of rotatable bonds is 2. The topological polar surface area (TPSA) is 54.4 Å². The summed E-state index contributed by atoms with van der Waals surface area (Å²) in [4.78, 5) is 22.7. The molecule has 1 aromatic carbocycles. The Morgan fingerprint density at radius 2 is 2.14 bits per heavy atom. The third-order valence-corrected chi connectivity index (χ3v) is 3.33. The number of aryl methyl sites for hydroxylation is 1. The Morgan fingerprint density at radius 3 is 2.86 bits per heavy atom. The van der Waals surface area contributed by atoms with E-state index in [2.05, 4.69) is 0 Å². The lowest BCUT2D eigenvalue weighted by Crippen LogP contribution is -2.13. The molecule has 0 atom stereocenters. The van der Waals surface area contributed by atoms with Gasteiger partial charge in [-0.05, 0) is 18.1 Å². The molecule has 1 aliphatic heterocycles. The van der Waals surface area contributed by atoms with Crippen molar-refractivity contribution in [1.82, 2.24) is 0 Å².